The molecular weight excluding hydrogens is 358 g/mol. The van der Waals surface area contributed by atoms with Crippen LogP contribution >= 0.6 is 0 Å². The molecule has 0 heterocycles. The first-order valence-electron chi connectivity index (χ1n) is 7.63. The standard InChI is InChI=1S/C17H15F4NO2S/c18-15-7-3-1-5-12(15)11-22(13-9-10-13)25(23,24)16-8-4-2-6-14(16)17(19,20)21/h1-8,13H,9-11H2. The van der Waals surface area contributed by atoms with Gasteiger partial charge in [-0.15, -0.1) is 0 Å². The van der Waals surface area contributed by atoms with E-state index in [0.29, 0.717) is 12.8 Å². The predicted octanol–water partition coefficient (Wildman–Crippen LogP) is 4.20. The number of benzene rings is 2. The van der Waals surface area contributed by atoms with Crippen LogP contribution in [0.3, 0.4) is 0 Å². The van der Waals surface area contributed by atoms with Crippen molar-refractivity contribution in [3.8, 4) is 0 Å². The molecule has 0 spiro atoms. The minimum Gasteiger partial charge on any atom is -0.207 e. The Bertz CT molecular complexity index is 876. The van der Waals surface area contributed by atoms with Crippen LogP contribution in [0.1, 0.15) is 24.0 Å². The fourth-order valence-electron chi connectivity index (χ4n) is 2.62. The number of sulfonamides is 1. The molecule has 2 aromatic carbocycles. The molecule has 8 heteroatoms. The Morgan fingerprint density at radius 3 is 2.20 bits per heavy atom. The summed E-state index contributed by atoms with van der Waals surface area (Å²) in [6, 6.07) is 9.29. The average molecular weight is 373 g/mol. The van der Waals surface area contributed by atoms with Crippen LogP contribution in [0.4, 0.5) is 17.6 Å². The van der Waals surface area contributed by atoms with E-state index in [9.17, 15) is 26.0 Å². The highest BCUT2D eigenvalue weighted by atomic mass is 32.2. The molecule has 3 nitrogen and oxygen atoms in total. The van der Waals surface area contributed by atoms with Crippen LogP contribution in [0.2, 0.25) is 0 Å². The van der Waals surface area contributed by atoms with Gasteiger partial charge in [-0.1, -0.05) is 30.3 Å². The monoisotopic (exact) mass is 373 g/mol. The molecule has 1 fully saturated rings. The number of rotatable bonds is 5. The Labute approximate surface area is 142 Å². The molecule has 134 valence electrons. The molecule has 3 rings (SSSR count). The van der Waals surface area contributed by atoms with Gasteiger partial charge in [-0.2, -0.15) is 17.5 Å². The highest BCUT2D eigenvalue weighted by Crippen LogP contribution is 2.39. The van der Waals surface area contributed by atoms with E-state index >= 15 is 0 Å². The molecule has 25 heavy (non-hydrogen) atoms. The second-order valence-electron chi connectivity index (χ2n) is 5.87. The van der Waals surface area contributed by atoms with Gasteiger partial charge in [-0.25, -0.2) is 12.8 Å². The molecule has 0 aromatic heterocycles. The van der Waals surface area contributed by atoms with E-state index in [1.54, 1.807) is 6.07 Å². The third-order valence-electron chi connectivity index (χ3n) is 4.02. The van der Waals surface area contributed by atoms with E-state index in [1.165, 1.54) is 24.3 Å². The molecule has 0 saturated heterocycles. The molecule has 1 aliphatic rings. The molecular formula is C17H15F4NO2S. The first-order valence-corrected chi connectivity index (χ1v) is 9.07. The van der Waals surface area contributed by atoms with Crippen molar-refractivity contribution < 1.29 is 26.0 Å². The maximum absolute atomic E-state index is 13.9. The summed E-state index contributed by atoms with van der Waals surface area (Å²) in [5, 5.41) is 0. The van der Waals surface area contributed by atoms with Crippen molar-refractivity contribution in [2.75, 3.05) is 0 Å². The molecule has 0 amide bonds. The number of alkyl halides is 3. The topological polar surface area (TPSA) is 37.4 Å². The van der Waals surface area contributed by atoms with Crippen LogP contribution < -0.4 is 0 Å². The van der Waals surface area contributed by atoms with Gasteiger partial charge in [0.2, 0.25) is 10.0 Å². The highest BCUT2D eigenvalue weighted by molar-refractivity contribution is 7.89. The van der Waals surface area contributed by atoms with Crippen molar-refractivity contribution in [1.29, 1.82) is 0 Å². The van der Waals surface area contributed by atoms with Crippen LogP contribution in [0.25, 0.3) is 0 Å². The van der Waals surface area contributed by atoms with Gasteiger partial charge in [-0.05, 0) is 31.0 Å². The van der Waals surface area contributed by atoms with Crippen LogP contribution in [0, 0.1) is 5.82 Å². The van der Waals surface area contributed by atoms with Crippen molar-refractivity contribution in [1.82, 2.24) is 4.31 Å². The molecule has 0 bridgehead atoms. The fourth-order valence-corrected chi connectivity index (χ4v) is 4.50. The Hall–Kier alpha value is -1.93. The van der Waals surface area contributed by atoms with Crippen LogP contribution in [-0.2, 0) is 22.7 Å². The van der Waals surface area contributed by atoms with Gasteiger partial charge in [0.15, 0.2) is 0 Å². The lowest BCUT2D eigenvalue weighted by Gasteiger charge is -2.24. The Morgan fingerprint density at radius 2 is 1.60 bits per heavy atom. The van der Waals surface area contributed by atoms with Crippen LogP contribution in [0.15, 0.2) is 53.4 Å². The van der Waals surface area contributed by atoms with E-state index in [-0.39, 0.29) is 12.1 Å². The average Bonchev–Trinajstić information content (AvgIpc) is 3.38. The van der Waals surface area contributed by atoms with Crippen molar-refractivity contribution in [3.63, 3.8) is 0 Å². The third kappa shape index (κ3) is 3.69. The summed E-state index contributed by atoms with van der Waals surface area (Å²) in [7, 11) is -4.42. The van der Waals surface area contributed by atoms with Gasteiger partial charge >= 0.3 is 6.18 Å². The lowest BCUT2D eigenvalue weighted by molar-refractivity contribution is -0.139. The first-order chi connectivity index (χ1) is 11.7. The van der Waals surface area contributed by atoms with Gasteiger partial charge in [0.1, 0.15) is 5.82 Å². The smallest absolute Gasteiger partial charge is 0.207 e. The summed E-state index contributed by atoms with van der Waals surface area (Å²) in [6.45, 7) is -0.300. The SMILES string of the molecule is O=S(=O)(c1ccccc1C(F)(F)F)N(Cc1ccccc1F)C1CC1. The maximum atomic E-state index is 13.9. The zero-order valence-corrected chi connectivity index (χ0v) is 13.8. The van der Waals surface area contributed by atoms with Crippen LogP contribution in [0.5, 0.6) is 0 Å². The quantitative estimate of drug-likeness (QED) is 0.737. The van der Waals surface area contributed by atoms with Gasteiger partial charge in [-0.3, -0.25) is 0 Å². The van der Waals surface area contributed by atoms with E-state index in [2.05, 4.69) is 0 Å². The number of hydrogen-bond acceptors (Lipinski definition) is 2. The van der Waals surface area contributed by atoms with Crippen molar-refractivity contribution >= 4 is 10.0 Å². The van der Waals surface area contributed by atoms with Gasteiger partial charge < -0.3 is 0 Å². The lowest BCUT2D eigenvalue weighted by Crippen LogP contribution is -2.34. The summed E-state index contributed by atoms with van der Waals surface area (Å²) in [6.07, 6.45) is -3.71. The lowest BCUT2D eigenvalue weighted by atomic mass is 10.2. The Morgan fingerprint density at radius 1 is 1.00 bits per heavy atom. The first kappa shape index (κ1) is 17.9. The number of halogens is 4. The fraction of sp³-hybridized carbons (Fsp3) is 0.294. The Balaban J connectivity index is 2.04. The molecule has 0 unspecified atom stereocenters. The number of nitrogens with zero attached hydrogens (tertiary/aromatic N) is 1. The van der Waals surface area contributed by atoms with Crippen molar-refractivity contribution in [2.24, 2.45) is 0 Å². The minimum atomic E-state index is -4.79. The van der Waals surface area contributed by atoms with E-state index in [4.69, 9.17) is 0 Å². The third-order valence-corrected chi connectivity index (χ3v) is 5.97. The van der Waals surface area contributed by atoms with Crippen molar-refractivity contribution in [2.45, 2.75) is 36.5 Å². The van der Waals surface area contributed by atoms with E-state index < -0.39 is 38.5 Å². The molecule has 0 atom stereocenters. The summed E-state index contributed by atoms with van der Waals surface area (Å²) in [4.78, 5) is -0.800. The largest absolute Gasteiger partial charge is 0.417 e. The molecule has 1 aliphatic carbocycles. The Kier molecular flexibility index (Phi) is 4.59. The predicted molar refractivity (Wildman–Crippen MR) is 83.6 cm³/mol. The van der Waals surface area contributed by atoms with Gasteiger partial charge in [0.05, 0.1) is 10.5 Å². The summed E-state index contributed by atoms with van der Waals surface area (Å²) < 4.78 is 80.3. The normalized spacial score (nSPS) is 15.6. The second-order valence-corrected chi connectivity index (χ2v) is 7.73. The molecule has 0 aliphatic heterocycles. The van der Waals surface area contributed by atoms with Crippen molar-refractivity contribution in [3.05, 3.63) is 65.5 Å². The van der Waals surface area contributed by atoms with Crippen LogP contribution in [-0.4, -0.2) is 18.8 Å². The molecule has 1 saturated carbocycles. The minimum absolute atomic E-state index is 0.127. The van der Waals surface area contributed by atoms with Gasteiger partial charge in [0.25, 0.3) is 0 Å². The van der Waals surface area contributed by atoms with E-state index in [1.807, 2.05) is 0 Å². The summed E-state index contributed by atoms with van der Waals surface area (Å²) >= 11 is 0. The summed E-state index contributed by atoms with van der Waals surface area (Å²) in [5.74, 6) is -0.590. The zero-order chi connectivity index (χ0) is 18.2. The highest BCUT2D eigenvalue weighted by Gasteiger charge is 2.43. The second kappa shape index (κ2) is 6.42. The molecule has 0 N–H and O–H groups in total. The molecule has 2 aromatic rings. The van der Waals surface area contributed by atoms with E-state index in [0.717, 1.165) is 22.5 Å². The molecule has 0 radical (unpaired) electrons. The number of hydrogen-bond donors (Lipinski definition) is 0. The maximum Gasteiger partial charge on any atom is 0.417 e. The summed E-state index contributed by atoms with van der Waals surface area (Å²) in [5.41, 5.74) is -1.09. The zero-order valence-electron chi connectivity index (χ0n) is 13.0. The van der Waals surface area contributed by atoms with Gasteiger partial charge in [0, 0.05) is 18.2 Å².